The van der Waals surface area contributed by atoms with Crippen LogP contribution in [0.1, 0.15) is 56.5 Å². The van der Waals surface area contributed by atoms with Crippen LogP contribution >= 0.6 is 0 Å². The summed E-state index contributed by atoms with van der Waals surface area (Å²) >= 11 is 0. The zero-order chi connectivity index (χ0) is 34.5. The lowest BCUT2D eigenvalue weighted by Crippen LogP contribution is -2.41. The van der Waals surface area contributed by atoms with Crippen LogP contribution in [0.4, 0.5) is 0 Å². The van der Waals surface area contributed by atoms with Gasteiger partial charge in [-0.1, -0.05) is 61.5 Å². The summed E-state index contributed by atoms with van der Waals surface area (Å²) in [6.45, 7) is 1.74. The second-order valence-corrected chi connectivity index (χ2v) is 11.5. The fourth-order valence-corrected chi connectivity index (χ4v) is 5.82. The van der Waals surface area contributed by atoms with Crippen molar-refractivity contribution in [3.05, 3.63) is 139 Å². The summed E-state index contributed by atoms with van der Waals surface area (Å²) in [4.78, 5) is 58.2. The van der Waals surface area contributed by atoms with Crippen LogP contribution in [0.15, 0.2) is 116 Å². The van der Waals surface area contributed by atoms with E-state index in [9.17, 15) is 14.4 Å². The Morgan fingerprint density at radius 2 is 1.34 bits per heavy atom. The van der Waals surface area contributed by atoms with E-state index in [-0.39, 0.29) is 17.7 Å². The number of hydrogen-bond donors (Lipinski definition) is 0. The zero-order valence-corrected chi connectivity index (χ0v) is 26.9. The van der Waals surface area contributed by atoms with E-state index in [1.54, 1.807) is 108 Å². The normalized spacial score (nSPS) is 18.5. The first kappa shape index (κ1) is 32.3. The van der Waals surface area contributed by atoms with Crippen LogP contribution < -0.4 is 0 Å². The number of aromatic nitrogens is 6. The highest BCUT2D eigenvalue weighted by Gasteiger charge is 2.52. The monoisotopic (exact) mass is 672 g/mol. The molecular formula is C37H32N6O7. The topological polar surface area (TPSA) is 150 Å². The molecule has 13 nitrogen and oxygen atoms in total. The second kappa shape index (κ2) is 14.5. The van der Waals surface area contributed by atoms with Gasteiger partial charge in [0.05, 0.1) is 23.0 Å². The molecule has 6 aromatic rings. The summed E-state index contributed by atoms with van der Waals surface area (Å²) in [6, 6.07) is 25.3. The largest absolute Gasteiger partial charge is 0.459 e. The van der Waals surface area contributed by atoms with Crippen LogP contribution in [0.3, 0.4) is 0 Å². The van der Waals surface area contributed by atoms with Gasteiger partial charge < -0.3 is 18.9 Å². The third-order valence-corrected chi connectivity index (χ3v) is 8.21. The number of carbonyl (C=O) groups excluding carboxylic acids is 3. The molecule has 0 saturated carbocycles. The minimum absolute atomic E-state index is 0.276. The van der Waals surface area contributed by atoms with Gasteiger partial charge >= 0.3 is 17.9 Å². The number of fused-ring (bicyclic) bond motifs is 1. The summed E-state index contributed by atoms with van der Waals surface area (Å²) in [6.07, 6.45) is 3.39. The van der Waals surface area contributed by atoms with Gasteiger partial charge in [-0.05, 0) is 42.8 Å². The van der Waals surface area contributed by atoms with Crippen molar-refractivity contribution in [1.29, 1.82) is 0 Å². The highest BCUT2D eigenvalue weighted by Crippen LogP contribution is 2.37. The first-order chi connectivity index (χ1) is 24.5. The maximum atomic E-state index is 13.6. The Labute approximate surface area is 286 Å². The lowest BCUT2D eigenvalue weighted by Gasteiger charge is -2.25. The Morgan fingerprint density at radius 3 is 1.96 bits per heavy atom. The predicted octanol–water partition coefficient (Wildman–Crippen LogP) is 5.17. The van der Waals surface area contributed by atoms with Gasteiger partial charge in [-0.25, -0.2) is 34.3 Å². The van der Waals surface area contributed by atoms with Crippen LogP contribution in [-0.2, 0) is 25.4 Å². The molecule has 4 atom stereocenters. The summed E-state index contributed by atoms with van der Waals surface area (Å²) in [5, 5.41) is 0. The highest BCUT2D eigenvalue weighted by atomic mass is 16.7. The van der Waals surface area contributed by atoms with Crippen LogP contribution in [0, 0.1) is 0 Å². The van der Waals surface area contributed by atoms with E-state index in [1.165, 1.54) is 12.7 Å². The number of nitrogens with zero attached hydrogens (tertiary/aromatic N) is 6. The van der Waals surface area contributed by atoms with Crippen molar-refractivity contribution in [2.45, 2.75) is 44.3 Å². The molecule has 1 saturated heterocycles. The Bertz CT molecular complexity index is 2100. The Morgan fingerprint density at radius 1 is 0.740 bits per heavy atom. The number of imidazole rings is 2. The van der Waals surface area contributed by atoms with Crippen LogP contribution in [-0.4, -0.2) is 71.9 Å². The predicted molar refractivity (Wildman–Crippen MR) is 178 cm³/mol. The molecule has 1 aliphatic rings. The van der Waals surface area contributed by atoms with Gasteiger partial charge in [-0.15, -0.1) is 0 Å². The van der Waals surface area contributed by atoms with Gasteiger partial charge in [0.15, 0.2) is 35.4 Å². The van der Waals surface area contributed by atoms with E-state index in [2.05, 4.69) is 26.9 Å². The van der Waals surface area contributed by atoms with E-state index < -0.39 is 42.4 Å². The number of benzene rings is 3. The maximum Gasteiger partial charge on any atom is 0.338 e. The smallest absolute Gasteiger partial charge is 0.338 e. The Kier molecular flexibility index (Phi) is 9.38. The van der Waals surface area contributed by atoms with Crippen molar-refractivity contribution in [2.24, 2.45) is 0 Å². The summed E-state index contributed by atoms with van der Waals surface area (Å²) in [5.41, 5.74) is 1.70. The SMILES string of the molecule is CCCc1nccn1-c1ncnc2c1ncn2[C@@H]1O[C@H](COC(=O)c2ccccc2)[C@H](OC(=O)c2ccccc2)[C@H]1OC(=O)c1ccccc1. The number of ether oxygens (including phenoxy) is 4. The van der Waals surface area contributed by atoms with Gasteiger partial charge in [0.2, 0.25) is 0 Å². The molecule has 1 aliphatic heterocycles. The van der Waals surface area contributed by atoms with Crippen molar-refractivity contribution >= 4 is 29.1 Å². The molecule has 3 aromatic heterocycles. The summed E-state index contributed by atoms with van der Waals surface area (Å²) in [7, 11) is 0. The molecule has 0 bridgehead atoms. The lowest BCUT2D eigenvalue weighted by molar-refractivity contribution is -0.0606. The fraction of sp³-hybridized carbons (Fsp3) is 0.216. The maximum absolute atomic E-state index is 13.6. The molecule has 0 spiro atoms. The van der Waals surface area contributed by atoms with E-state index in [0.717, 1.165) is 18.7 Å². The van der Waals surface area contributed by atoms with E-state index >= 15 is 0 Å². The number of carbonyl (C=O) groups is 3. The first-order valence-electron chi connectivity index (χ1n) is 16.1. The third-order valence-electron chi connectivity index (χ3n) is 8.21. The standard InChI is InChI=1S/C37H32N6O7/c1-2-12-28-38-19-20-42(28)32-29-33(40-22-39-32)43(23-41-29)34-31(50-37(46)26-17-10-5-11-18-26)30(49-36(45)25-15-8-4-9-16-25)27(48-34)21-47-35(44)24-13-6-3-7-14-24/h3-11,13-20,22-23,27,30-31,34H,2,12,21H2,1H3/t27-,30+,31-,34-/m1/s1. The second-order valence-electron chi connectivity index (χ2n) is 11.5. The molecule has 50 heavy (non-hydrogen) atoms. The summed E-state index contributed by atoms with van der Waals surface area (Å²) < 4.78 is 27.8. The Hall–Kier alpha value is -6.21. The number of rotatable bonds is 11. The third kappa shape index (κ3) is 6.58. The van der Waals surface area contributed by atoms with Gasteiger partial charge in [-0.2, -0.15) is 0 Å². The van der Waals surface area contributed by atoms with Crippen molar-refractivity contribution in [3.63, 3.8) is 0 Å². The quantitative estimate of drug-likeness (QED) is 0.133. The van der Waals surface area contributed by atoms with Crippen LogP contribution in [0.25, 0.3) is 17.0 Å². The van der Waals surface area contributed by atoms with Gasteiger partial charge in [-0.3, -0.25) is 9.13 Å². The van der Waals surface area contributed by atoms with Crippen molar-refractivity contribution < 1.29 is 33.3 Å². The fourth-order valence-electron chi connectivity index (χ4n) is 5.82. The van der Waals surface area contributed by atoms with Gasteiger partial charge in [0.25, 0.3) is 0 Å². The van der Waals surface area contributed by atoms with Gasteiger partial charge in [0, 0.05) is 18.8 Å². The van der Waals surface area contributed by atoms with Gasteiger partial charge in [0.1, 0.15) is 24.9 Å². The van der Waals surface area contributed by atoms with E-state index in [0.29, 0.717) is 22.5 Å². The average Bonchev–Trinajstić information content (AvgIpc) is 3.89. The molecule has 0 N–H and O–H groups in total. The summed E-state index contributed by atoms with van der Waals surface area (Å²) in [5.74, 6) is -0.636. The highest BCUT2D eigenvalue weighted by molar-refractivity contribution is 5.91. The van der Waals surface area contributed by atoms with Crippen molar-refractivity contribution in [1.82, 2.24) is 29.1 Å². The van der Waals surface area contributed by atoms with E-state index in [4.69, 9.17) is 18.9 Å². The Balaban J connectivity index is 1.28. The molecule has 252 valence electrons. The average molecular weight is 673 g/mol. The zero-order valence-electron chi connectivity index (χ0n) is 26.9. The van der Waals surface area contributed by atoms with Crippen LogP contribution in [0.2, 0.25) is 0 Å². The molecule has 1 fully saturated rings. The first-order valence-corrected chi connectivity index (χ1v) is 16.1. The number of aryl methyl sites for hydroxylation is 1. The lowest BCUT2D eigenvalue weighted by atomic mass is 10.1. The molecule has 4 heterocycles. The molecule has 0 amide bonds. The molecule has 13 heteroatoms. The minimum atomic E-state index is -1.23. The number of hydrogen-bond acceptors (Lipinski definition) is 11. The molecule has 3 aromatic carbocycles. The molecule has 0 unspecified atom stereocenters. The number of esters is 3. The minimum Gasteiger partial charge on any atom is -0.459 e. The molecule has 0 aliphatic carbocycles. The molecule has 7 rings (SSSR count). The molecule has 0 radical (unpaired) electrons. The molecular weight excluding hydrogens is 640 g/mol. The van der Waals surface area contributed by atoms with Crippen molar-refractivity contribution in [3.8, 4) is 5.82 Å². The van der Waals surface area contributed by atoms with Crippen molar-refractivity contribution in [2.75, 3.05) is 6.61 Å². The van der Waals surface area contributed by atoms with Crippen LogP contribution in [0.5, 0.6) is 0 Å². The van der Waals surface area contributed by atoms with E-state index in [1.807, 2.05) is 4.57 Å².